The molecule has 3 aromatic rings. The van der Waals surface area contributed by atoms with E-state index in [2.05, 4.69) is 5.32 Å². The summed E-state index contributed by atoms with van der Waals surface area (Å²) < 4.78 is 0. The zero-order chi connectivity index (χ0) is 18.3. The maximum absolute atomic E-state index is 13.0. The molecule has 0 amide bonds. The monoisotopic (exact) mass is 344 g/mol. The van der Waals surface area contributed by atoms with Crippen LogP contribution in [-0.4, -0.2) is 16.7 Å². The number of fused-ring (bicyclic) bond motifs is 2. The van der Waals surface area contributed by atoms with Crippen molar-refractivity contribution in [2.75, 3.05) is 5.32 Å². The molecule has 0 atom stereocenters. The Kier molecular flexibility index (Phi) is 3.78. The van der Waals surface area contributed by atoms with E-state index < -0.39 is 0 Å². The van der Waals surface area contributed by atoms with Crippen LogP contribution in [0.5, 0.6) is 5.75 Å². The van der Waals surface area contributed by atoms with E-state index in [1.54, 1.807) is 30.3 Å². The second-order valence-electron chi connectivity index (χ2n) is 6.11. The number of aromatic hydroxyl groups is 1. The van der Waals surface area contributed by atoms with Gasteiger partial charge in [-0.3, -0.25) is 9.59 Å². The molecule has 5 heteroatoms. The predicted molar refractivity (Wildman–Crippen MR) is 99.0 cm³/mol. The Hall–Kier alpha value is -3.44. The molecule has 0 saturated heterocycles. The van der Waals surface area contributed by atoms with Gasteiger partial charge in [0.25, 0.3) is 0 Å². The highest BCUT2D eigenvalue weighted by Crippen LogP contribution is 2.37. The van der Waals surface area contributed by atoms with Gasteiger partial charge in [0.2, 0.25) is 0 Å². The Labute approximate surface area is 150 Å². The van der Waals surface area contributed by atoms with Crippen molar-refractivity contribution in [3.05, 3.63) is 88.5 Å². The Morgan fingerprint density at radius 3 is 2.04 bits per heavy atom. The van der Waals surface area contributed by atoms with Crippen LogP contribution >= 0.6 is 0 Å². The lowest BCUT2D eigenvalue weighted by Crippen LogP contribution is -2.22. The van der Waals surface area contributed by atoms with Gasteiger partial charge in [-0.2, -0.15) is 0 Å². The molecule has 3 aromatic carbocycles. The van der Waals surface area contributed by atoms with Gasteiger partial charge < -0.3 is 16.2 Å². The Bertz CT molecular complexity index is 1040. The van der Waals surface area contributed by atoms with Crippen LogP contribution in [-0.2, 0) is 6.54 Å². The number of nitrogens with two attached hydrogens (primary N) is 1. The summed E-state index contributed by atoms with van der Waals surface area (Å²) in [6, 6.07) is 17.2. The molecular weight excluding hydrogens is 328 g/mol. The van der Waals surface area contributed by atoms with Crippen LogP contribution in [0.1, 0.15) is 37.4 Å². The second kappa shape index (κ2) is 6.13. The molecule has 1 aliphatic rings. The van der Waals surface area contributed by atoms with E-state index in [9.17, 15) is 14.7 Å². The highest BCUT2D eigenvalue weighted by Gasteiger charge is 2.33. The van der Waals surface area contributed by atoms with E-state index in [1.807, 2.05) is 24.3 Å². The zero-order valence-electron chi connectivity index (χ0n) is 13.8. The summed E-state index contributed by atoms with van der Waals surface area (Å²) in [6.45, 7) is 0.443. The van der Waals surface area contributed by atoms with Crippen LogP contribution in [0, 0.1) is 0 Å². The van der Waals surface area contributed by atoms with Crippen molar-refractivity contribution >= 4 is 22.9 Å². The number of phenolic OH excluding ortho intramolecular Hbond substituents is 1. The number of ketones is 2. The number of benzene rings is 3. The average Bonchev–Trinajstić information content (AvgIpc) is 2.68. The third-order valence-corrected chi connectivity index (χ3v) is 4.52. The minimum atomic E-state index is -0.352. The first-order valence-electron chi connectivity index (χ1n) is 8.20. The maximum atomic E-state index is 13.0. The van der Waals surface area contributed by atoms with Crippen molar-refractivity contribution in [2.24, 2.45) is 5.73 Å². The number of hydrogen-bond acceptors (Lipinski definition) is 5. The first-order valence-corrected chi connectivity index (χ1v) is 8.20. The normalized spacial score (nSPS) is 12.5. The number of anilines is 2. The summed E-state index contributed by atoms with van der Waals surface area (Å²) in [6.07, 6.45) is 0. The van der Waals surface area contributed by atoms with Crippen LogP contribution in [0.4, 0.5) is 11.4 Å². The predicted octanol–water partition coefficient (Wildman–Crippen LogP) is 3.37. The van der Waals surface area contributed by atoms with E-state index in [1.165, 1.54) is 6.07 Å². The molecule has 4 N–H and O–H groups in total. The van der Waals surface area contributed by atoms with Gasteiger partial charge in [-0.1, -0.05) is 36.4 Å². The summed E-state index contributed by atoms with van der Waals surface area (Å²) in [4.78, 5) is 25.8. The van der Waals surface area contributed by atoms with Crippen molar-refractivity contribution in [3.63, 3.8) is 0 Å². The maximum Gasteiger partial charge on any atom is 0.198 e. The molecule has 4 rings (SSSR count). The van der Waals surface area contributed by atoms with Gasteiger partial charge in [0.1, 0.15) is 5.75 Å². The van der Waals surface area contributed by atoms with Gasteiger partial charge in [-0.05, 0) is 29.8 Å². The molecule has 0 spiro atoms. The minimum absolute atomic E-state index is 0.0391. The van der Waals surface area contributed by atoms with Crippen molar-refractivity contribution in [1.29, 1.82) is 0 Å². The van der Waals surface area contributed by atoms with Gasteiger partial charge in [0, 0.05) is 23.4 Å². The van der Waals surface area contributed by atoms with Gasteiger partial charge in [0.15, 0.2) is 11.6 Å². The molecule has 128 valence electrons. The minimum Gasteiger partial charge on any atom is -0.507 e. The largest absolute Gasteiger partial charge is 0.507 e. The van der Waals surface area contributed by atoms with Crippen molar-refractivity contribution in [1.82, 2.24) is 0 Å². The molecule has 26 heavy (non-hydrogen) atoms. The molecular formula is C21H16N2O3. The molecule has 0 radical (unpaired) electrons. The Morgan fingerprint density at radius 2 is 1.42 bits per heavy atom. The van der Waals surface area contributed by atoms with Crippen LogP contribution < -0.4 is 11.1 Å². The number of phenols is 1. The molecule has 1 aliphatic carbocycles. The van der Waals surface area contributed by atoms with Crippen LogP contribution in [0.3, 0.4) is 0 Å². The van der Waals surface area contributed by atoms with Crippen molar-refractivity contribution < 1.29 is 14.7 Å². The fraction of sp³-hybridized carbons (Fsp3) is 0.0476. The Morgan fingerprint density at radius 1 is 0.808 bits per heavy atom. The Balaban J connectivity index is 1.83. The van der Waals surface area contributed by atoms with Gasteiger partial charge >= 0.3 is 0 Å². The lowest BCUT2D eigenvalue weighted by Gasteiger charge is -2.21. The summed E-state index contributed by atoms with van der Waals surface area (Å²) >= 11 is 0. The smallest absolute Gasteiger partial charge is 0.198 e. The number of carbonyl (C=O) groups excluding carboxylic acids is 2. The van der Waals surface area contributed by atoms with E-state index in [0.717, 1.165) is 11.3 Å². The van der Waals surface area contributed by atoms with Crippen molar-refractivity contribution in [3.8, 4) is 5.75 Å². The third-order valence-electron chi connectivity index (χ3n) is 4.52. The van der Waals surface area contributed by atoms with Crippen LogP contribution in [0.15, 0.2) is 60.7 Å². The fourth-order valence-corrected chi connectivity index (χ4v) is 3.19. The zero-order valence-corrected chi connectivity index (χ0v) is 13.8. The first-order chi connectivity index (χ1) is 12.6. The molecule has 0 aromatic heterocycles. The fourth-order valence-electron chi connectivity index (χ4n) is 3.19. The van der Waals surface area contributed by atoms with Crippen LogP contribution in [0.2, 0.25) is 0 Å². The molecule has 0 fully saturated rings. The van der Waals surface area contributed by atoms with E-state index in [4.69, 9.17) is 5.73 Å². The highest BCUT2D eigenvalue weighted by atomic mass is 16.3. The van der Waals surface area contributed by atoms with Crippen molar-refractivity contribution in [2.45, 2.75) is 6.54 Å². The lowest BCUT2D eigenvalue weighted by atomic mass is 9.82. The third kappa shape index (κ3) is 2.46. The highest BCUT2D eigenvalue weighted by molar-refractivity contribution is 6.31. The summed E-state index contributed by atoms with van der Waals surface area (Å²) in [5.41, 5.74) is 8.72. The first kappa shape index (κ1) is 16.1. The second-order valence-corrected chi connectivity index (χ2v) is 6.11. The van der Waals surface area contributed by atoms with Gasteiger partial charge in [0.05, 0.1) is 16.8 Å². The van der Waals surface area contributed by atoms with Gasteiger partial charge in [-0.25, -0.2) is 0 Å². The summed E-state index contributed by atoms with van der Waals surface area (Å²) in [5, 5.41) is 13.4. The number of rotatable bonds is 3. The molecule has 5 nitrogen and oxygen atoms in total. The molecule has 0 aliphatic heterocycles. The quantitative estimate of drug-likeness (QED) is 0.496. The number of nitrogens with one attached hydrogen (secondary N) is 1. The van der Waals surface area contributed by atoms with E-state index >= 15 is 0 Å². The molecule has 0 unspecified atom stereocenters. The van der Waals surface area contributed by atoms with E-state index in [-0.39, 0.29) is 28.4 Å². The summed E-state index contributed by atoms with van der Waals surface area (Å²) in [7, 11) is 0. The SMILES string of the molecule is NCc1ccc(Nc2ccc(O)c3c2C(=O)c2ccccc2C3=O)cc1. The standard InChI is InChI=1S/C21H16N2O3/c22-11-12-5-7-13(8-6-12)23-16-9-10-17(24)19-18(16)20(25)14-3-1-2-4-15(14)21(19)26/h1-10,23-24H,11,22H2. The molecule has 0 bridgehead atoms. The van der Waals surface area contributed by atoms with E-state index in [0.29, 0.717) is 23.4 Å². The molecule has 0 heterocycles. The van der Waals surface area contributed by atoms with Gasteiger partial charge in [-0.15, -0.1) is 0 Å². The van der Waals surface area contributed by atoms with Crippen LogP contribution in [0.25, 0.3) is 0 Å². The topological polar surface area (TPSA) is 92.4 Å². The number of carbonyl (C=O) groups is 2. The average molecular weight is 344 g/mol. The summed E-state index contributed by atoms with van der Waals surface area (Å²) in [5.74, 6) is -0.834. The number of hydrogen-bond donors (Lipinski definition) is 3. The molecule has 0 saturated carbocycles. The lowest BCUT2D eigenvalue weighted by molar-refractivity contribution is 0.0977.